The molecule has 26 heavy (non-hydrogen) atoms. The van der Waals surface area contributed by atoms with Gasteiger partial charge in [0, 0.05) is 17.0 Å². The zero-order valence-electron chi connectivity index (χ0n) is 15.2. The Morgan fingerprint density at radius 1 is 1.15 bits per heavy atom. The second kappa shape index (κ2) is 8.45. The molecule has 0 aliphatic heterocycles. The number of aromatic nitrogens is 1. The normalized spacial score (nSPS) is 14.6. The predicted molar refractivity (Wildman–Crippen MR) is 106 cm³/mol. The molecule has 1 heterocycles. The molecule has 2 amide bonds. The van der Waals surface area contributed by atoms with Gasteiger partial charge in [-0.2, -0.15) is 0 Å². The highest BCUT2D eigenvalue weighted by Crippen LogP contribution is 2.26. The molecule has 1 aromatic carbocycles. The van der Waals surface area contributed by atoms with Crippen LogP contribution in [0.2, 0.25) is 0 Å². The van der Waals surface area contributed by atoms with Crippen molar-refractivity contribution in [3.8, 4) is 0 Å². The van der Waals surface area contributed by atoms with Gasteiger partial charge in [0.05, 0.1) is 12.1 Å². The maximum Gasteiger partial charge on any atom is 0.230 e. The van der Waals surface area contributed by atoms with E-state index in [1.54, 1.807) is 0 Å². The third-order valence-corrected chi connectivity index (χ3v) is 5.52. The van der Waals surface area contributed by atoms with Gasteiger partial charge in [-0.1, -0.05) is 38.8 Å². The summed E-state index contributed by atoms with van der Waals surface area (Å²) in [5.74, 6) is 0.520. The van der Waals surface area contributed by atoms with Crippen LogP contribution in [0, 0.1) is 5.92 Å². The number of rotatable bonds is 6. The molecule has 138 valence electrons. The van der Waals surface area contributed by atoms with Crippen LogP contribution in [0.25, 0.3) is 0 Å². The van der Waals surface area contributed by atoms with Crippen molar-refractivity contribution in [3.63, 3.8) is 0 Å². The fourth-order valence-electron chi connectivity index (χ4n) is 3.16. The highest BCUT2D eigenvalue weighted by atomic mass is 32.1. The Kier molecular flexibility index (Phi) is 6.04. The summed E-state index contributed by atoms with van der Waals surface area (Å²) in [6.45, 7) is 4.28. The lowest BCUT2D eigenvalue weighted by Crippen LogP contribution is -2.20. The summed E-state index contributed by atoms with van der Waals surface area (Å²) in [5.41, 5.74) is 2.70. The Balaban J connectivity index is 1.51. The molecule has 0 spiro atoms. The summed E-state index contributed by atoms with van der Waals surface area (Å²) < 4.78 is 0. The fourth-order valence-corrected chi connectivity index (χ4v) is 3.88. The number of thiazole rings is 1. The Morgan fingerprint density at radius 3 is 2.50 bits per heavy atom. The quantitative estimate of drug-likeness (QED) is 0.781. The molecule has 0 radical (unpaired) electrons. The summed E-state index contributed by atoms with van der Waals surface area (Å²) in [6.07, 6.45) is 4.37. The van der Waals surface area contributed by atoms with E-state index in [-0.39, 0.29) is 24.2 Å². The molecule has 1 aliphatic rings. The van der Waals surface area contributed by atoms with E-state index in [1.165, 1.54) is 16.9 Å². The van der Waals surface area contributed by atoms with Crippen LogP contribution in [0.1, 0.15) is 56.7 Å². The molecule has 1 saturated carbocycles. The number of carbonyl (C=O) groups is 2. The van der Waals surface area contributed by atoms with Gasteiger partial charge in [-0.3, -0.25) is 9.59 Å². The smallest absolute Gasteiger partial charge is 0.230 e. The van der Waals surface area contributed by atoms with E-state index in [1.807, 2.05) is 29.6 Å². The molecule has 1 fully saturated rings. The number of carbonyl (C=O) groups excluding carboxylic acids is 2. The van der Waals surface area contributed by atoms with Crippen molar-refractivity contribution in [2.24, 2.45) is 5.92 Å². The highest BCUT2D eigenvalue weighted by molar-refractivity contribution is 7.13. The summed E-state index contributed by atoms with van der Waals surface area (Å²) >= 11 is 1.37. The second-order valence-electron chi connectivity index (χ2n) is 7.12. The summed E-state index contributed by atoms with van der Waals surface area (Å²) in [5, 5.41) is 8.17. The molecule has 2 N–H and O–H groups in total. The van der Waals surface area contributed by atoms with E-state index in [2.05, 4.69) is 29.5 Å². The number of nitrogens with zero attached hydrogens (tertiary/aromatic N) is 1. The summed E-state index contributed by atoms with van der Waals surface area (Å²) in [7, 11) is 0. The lowest BCUT2D eigenvalue weighted by molar-refractivity contribution is -0.119. The van der Waals surface area contributed by atoms with Crippen molar-refractivity contribution in [1.82, 2.24) is 4.98 Å². The van der Waals surface area contributed by atoms with Crippen LogP contribution in [-0.2, 0) is 16.0 Å². The first kappa shape index (κ1) is 18.6. The molecule has 6 heteroatoms. The Bertz CT molecular complexity index is 762. The molecule has 0 saturated heterocycles. The summed E-state index contributed by atoms with van der Waals surface area (Å²) in [6, 6.07) is 7.89. The third-order valence-electron chi connectivity index (χ3n) is 4.71. The van der Waals surface area contributed by atoms with Crippen molar-refractivity contribution in [2.45, 2.75) is 51.9 Å². The minimum absolute atomic E-state index is 0.0538. The minimum atomic E-state index is -0.110. The summed E-state index contributed by atoms with van der Waals surface area (Å²) in [4.78, 5) is 28.7. The topological polar surface area (TPSA) is 71.1 Å². The van der Waals surface area contributed by atoms with Gasteiger partial charge in [0.15, 0.2) is 5.13 Å². The standard InChI is InChI=1S/C20H25N3O2S/c1-13(2)14-7-9-16(10-8-14)21-18(24)11-17-12-26-20(22-17)23-19(25)15-5-3-4-6-15/h7-10,12-13,15H,3-6,11H2,1-2H3,(H,21,24)(H,22,23,25). The molecule has 3 rings (SSSR count). The molecule has 1 aromatic heterocycles. The Hall–Kier alpha value is -2.21. The van der Waals surface area contributed by atoms with Crippen molar-refractivity contribution in [2.75, 3.05) is 10.6 Å². The van der Waals surface area contributed by atoms with E-state index in [0.717, 1.165) is 31.4 Å². The van der Waals surface area contributed by atoms with E-state index >= 15 is 0 Å². The van der Waals surface area contributed by atoms with Crippen LogP contribution in [0.3, 0.4) is 0 Å². The van der Waals surface area contributed by atoms with E-state index in [4.69, 9.17) is 0 Å². The average molecular weight is 372 g/mol. The van der Waals surface area contributed by atoms with Crippen LogP contribution in [0.15, 0.2) is 29.6 Å². The fraction of sp³-hybridized carbons (Fsp3) is 0.450. The zero-order valence-corrected chi connectivity index (χ0v) is 16.1. The van der Waals surface area contributed by atoms with Gasteiger partial charge in [0.25, 0.3) is 0 Å². The third kappa shape index (κ3) is 4.91. The molecular weight excluding hydrogens is 346 g/mol. The zero-order chi connectivity index (χ0) is 18.5. The minimum Gasteiger partial charge on any atom is -0.326 e. The van der Waals surface area contributed by atoms with Crippen LogP contribution in [-0.4, -0.2) is 16.8 Å². The van der Waals surface area contributed by atoms with Gasteiger partial charge >= 0.3 is 0 Å². The Morgan fingerprint density at radius 2 is 1.85 bits per heavy atom. The van der Waals surface area contributed by atoms with Crippen LogP contribution in [0.4, 0.5) is 10.8 Å². The van der Waals surface area contributed by atoms with Crippen molar-refractivity contribution < 1.29 is 9.59 Å². The lowest BCUT2D eigenvalue weighted by Gasteiger charge is -2.08. The van der Waals surface area contributed by atoms with Gasteiger partial charge in [-0.25, -0.2) is 4.98 Å². The van der Waals surface area contributed by atoms with Crippen molar-refractivity contribution in [1.29, 1.82) is 0 Å². The van der Waals surface area contributed by atoms with Crippen molar-refractivity contribution in [3.05, 3.63) is 40.9 Å². The first-order chi connectivity index (χ1) is 12.5. The lowest BCUT2D eigenvalue weighted by atomic mass is 10.0. The largest absolute Gasteiger partial charge is 0.326 e. The number of anilines is 2. The maximum absolute atomic E-state index is 12.2. The molecule has 2 aromatic rings. The van der Waals surface area contributed by atoms with Crippen LogP contribution >= 0.6 is 11.3 Å². The highest BCUT2D eigenvalue weighted by Gasteiger charge is 2.23. The molecule has 0 unspecified atom stereocenters. The molecule has 0 atom stereocenters. The van der Waals surface area contributed by atoms with Gasteiger partial charge in [-0.05, 0) is 36.5 Å². The Labute approximate surface area is 158 Å². The van der Waals surface area contributed by atoms with Crippen LogP contribution in [0.5, 0.6) is 0 Å². The van der Waals surface area contributed by atoms with E-state index in [9.17, 15) is 9.59 Å². The van der Waals surface area contributed by atoms with E-state index in [0.29, 0.717) is 16.7 Å². The number of hydrogen-bond donors (Lipinski definition) is 2. The maximum atomic E-state index is 12.2. The van der Waals surface area contributed by atoms with Gasteiger partial charge in [-0.15, -0.1) is 11.3 Å². The number of benzene rings is 1. The van der Waals surface area contributed by atoms with Crippen molar-refractivity contribution >= 4 is 34.0 Å². The van der Waals surface area contributed by atoms with Gasteiger partial charge in [0.1, 0.15) is 0 Å². The van der Waals surface area contributed by atoms with E-state index < -0.39 is 0 Å². The second-order valence-corrected chi connectivity index (χ2v) is 7.97. The average Bonchev–Trinajstić information content (AvgIpc) is 3.27. The van der Waals surface area contributed by atoms with Crippen LogP contribution < -0.4 is 10.6 Å². The number of hydrogen-bond acceptors (Lipinski definition) is 4. The monoisotopic (exact) mass is 371 g/mol. The predicted octanol–water partition coefficient (Wildman–Crippen LogP) is 4.58. The molecule has 5 nitrogen and oxygen atoms in total. The number of amides is 2. The molecule has 1 aliphatic carbocycles. The van der Waals surface area contributed by atoms with Gasteiger partial charge < -0.3 is 10.6 Å². The first-order valence-corrected chi connectivity index (χ1v) is 10.0. The molecule has 0 bridgehead atoms. The van der Waals surface area contributed by atoms with Gasteiger partial charge in [0.2, 0.25) is 11.8 Å². The number of nitrogens with one attached hydrogen (secondary N) is 2. The molecular formula is C20H25N3O2S. The SMILES string of the molecule is CC(C)c1ccc(NC(=O)Cc2csc(NC(=O)C3CCCC3)n2)cc1. The first-order valence-electron chi connectivity index (χ1n) is 9.16.